The first kappa shape index (κ1) is 23.3. The van der Waals surface area contributed by atoms with E-state index in [1.807, 2.05) is 35.2 Å². The number of hydrogen-bond donors (Lipinski definition) is 2. The van der Waals surface area contributed by atoms with Gasteiger partial charge in [-0.05, 0) is 41.8 Å². The summed E-state index contributed by atoms with van der Waals surface area (Å²) in [5.74, 6) is 0.509. The predicted octanol–water partition coefficient (Wildman–Crippen LogP) is 4.76. The second-order valence-corrected chi connectivity index (χ2v) is 8.27. The highest BCUT2D eigenvalue weighted by atomic mass is 19.4. The van der Waals surface area contributed by atoms with E-state index in [9.17, 15) is 18.0 Å². The van der Waals surface area contributed by atoms with Crippen LogP contribution in [0.25, 0.3) is 11.4 Å². The molecule has 2 heterocycles. The van der Waals surface area contributed by atoms with Crippen LogP contribution < -0.4 is 16.0 Å². The summed E-state index contributed by atoms with van der Waals surface area (Å²) in [6, 6.07) is 19.8. The molecule has 0 spiro atoms. The maximum Gasteiger partial charge on any atom is 0.416 e. The van der Waals surface area contributed by atoms with E-state index in [0.717, 1.165) is 22.9 Å². The molecule has 1 aliphatic rings. The van der Waals surface area contributed by atoms with E-state index < -0.39 is 17.6 Å². The summed E-state index contributed by atoms with van der Waals surface area (Å²) in [5, 5.41) is 2.59. The van der Waals surface area contributed by atoms with Crippen molar-refractivity contribution in [3.05, 3.63) is 95.1 Å². The molecule has 0 radical (unpaired) electrons. The molecule has 1 aliphatic heterocycles. The topological polar surface area (TPSA) is 97.0 Å². The van der Waals surface area contributed by atoms with Crippen molar-refractivity contribution in [3.63, 3.8) is 0 Å². The van der Waals surface area contributed by atoms with Gasteiger partial charge in [-0.25, -0.2) is 0 Å². The van der Waals surface area contributed by atoms with Crippen molar-refractivity contribution in [3.8, 4) is 11.4 Å². The number of aromatic nitrogens is 3. The molecule has 5 rings (SSSR count). The standard InChI is InChI=1S/C26H21F3N6O/c27-26(28,29)20-9-5-4-8-19(20)15-31-23(36)18-10-11-21-17(14-18)12-13-35(21)25-33-22(32-24(30)34-25)16-6-2-1-3-7-16/h1-11,14H,12-13,15H2,(H,31,36)(H2,30,32,33,34). The summed E-state index contributed by atoms with van der Waals surface area (Å²) in [6.07, 6.45) is -3.85. The predicted molar refractivity (Wildman–Crippen MR) is 129 cm³/mol. The van der Waals surface area contributed by atoms with Crippen molar-refractivity contribution in [2.24, 2.45) is 0 Å². The number of hydrogen-bond acceptors (Lipinski definition) is 6. The third kappa shape index (κ3) is 4.70. The lowest BCUT2D eigenvalue weighted by molar-refractivity contribution is -0.138. The van der Waals surface area contributed by atoms with Crippen molar-refractivity contribution in [2.75, 3.05) is 17.2 Å². The molecule has 1 aromatic heterocycles. The lowest BCUT2D eigenvalue weighted by atomic mass is 10.1. The molecule has 0 saturated carbocycles. The van der Waals surface area contributed by atoms with Crippen molar-refractivity contribution < 1.29 is 18.0 Å². The molecule has 0 bridgehead atoms. The maximum absolute atomic E-state index is 13.2. The Hall–Kier alpha value is -4.47. The highest BCUT2D eigenvalue weighted by Gasteiger charge is 2.33. The zero-order valence-corrected chi connectivity index (χ0v) is 19.0. The smallest absolute Gasteiger partial charge is 0.368 e. The molecule has 10 heteroatoms. The quantitative estimate of drug-likeness (QED) is 0.419. The van der Waals surface area contributed by atoms with Gasteiger partial charge in [0.05, 0.1) is 5.56 Å². The van der Waals surface area contributed by atoms with Gasteiger partial charge in [0.2, 0.25) is 11.9 Å². The Labute approximate surface area is 204 Å². The minimum atomic E-state index is -4.49. The fraction of sp³-hybridized carbons (Fsp3) is 0.154. The number of fused-ring (bicyclic) bond motifs is 1. The third-order valence-electron chi connectivity index (χ3n) is 5.91. The van der Waals surface area contributed by atoms with Gasteiger partial charge in [0.15, 0.2) is 5.82 Å². The number of halogens is 3. The zero-order chi connectivity index (χ0) is 25.3. The van der Waals surface area contributed by atoms with E-state index >= 15 is 0 Å². The minimum absolute atomic E-state index is 0.00679. The highest BCUT2D eigenvalue weighted by molar-refractivity contribution is 5.95. The second kappa shape index (κ2) is 9.29. The average molecular weight is 490 g/mol. The first-order valence-corrected chi connectivity index (χ1v) is 11.2. The van der Waals surface area contributed by atoms with Gasteiger partial charge in [0.25, 0.3) is 5.91 Å². The van der Waals surface area contributed by atoms with Gasteiger partial charge in [0, 0.05) is 29.9 Å². The molecule has 7 nitrogen and oxygen atoms in total. The Bertz CT molecular complexity index is 1430. The number of nitrogens with zero attached hydrogens (tertiary/aromatic N) is 4. The lowest BCUT2D eigenvalue weighted by Crippen LogP contribution is -2.24. The molecular weight excluding hydrogens is 469 g/mol. The normalized spacial score (nSPS) is 12.9. The summed E-state index contributed by atoms with van der Waals surface area (Å²) in [6.45, 7) is 0.348. The number of nitrogen functional groups attached to an aromatic ring is 1. The Balaban J connectivity index is 1.35. The third-order valence-corrected chi connectivity index (χ3v) is 5.91. The number of carbonyl (C=O) groups excluding carboxylic acids is 1. The molecule has 4 aromatic rings. The SMILES string of the molecule is Nc1nc(-c2ccccc2)nc(N2CCc3cc(C(=O)NCc4ccccc4C(F)(F)F)ccc32)n1. The fourth-order valence-corrected chi connectivity index (χ4v) is 4.20. The fourth-order valence-electron chi connectivity index (χ4n) is 4.20. The Morgan fingerprint density at radius 1 is 0.972 bits per heavy atom. The van der Waals surface area contributed by atoms with Crippen LogP contribution in [0.15, 0.2) is 72.8 Å². The molecule has 0 aliphatic carbocycles. The molecular formula is C26H21F3N6O. The van der Waals surface area contributed by atoms with Crippen molar-refractivity contribution in [1.29, 1.82) is 0 Å². The first-order chi connectivity index (χ1) is 17.3. The van der Waals surface area contributed by atoms with E-state index in [1.54, 1.807) is 18.2 Å². The summed E-state index contributed by atoms with van der Waals surface area (Å²) >= 11 is 0. The Kier molecular flexibility index (Phi) is 6.01. The molecule has 1 amide bonds. The van der Waals surface area contributed by atoms with Crippen LogP contribution in [0.1, 0.15) is 27.0 Å². The monoisotopic (exact) mass is 490 g/mol. The molecule has 0 saturated heterocycles. The van der Waals surface area contributed by atoms with Crippen molar-refractivity contribution >= 4 is 23.5 Å². The highest BCUT2D eigenvalue weighted by Crippen LogP contribution is 2.35. The van der Waals surface area contributed by atoms with Crippen molar-refractivity contribution in [2.45, 2.75) is 19.1 Å². The van der Waals surface area contributed by atoms with E-state index in [0.29, 0.717) is 30.3 Å². The van der Waals surface area contributed by atoms with Crippen LogP contribution in [0.2, 0.25) is 0 Å². The molecule has 0 unspecified atom stereocenters. The van der Waals surface area contributed by atoms with E-state index in [1.165, 1.54) is 18.2 Å². The molecule has 36 heavy (non-hydrogen) atoms. The van der Waals surface area contributed by atoms with Crippen LogP contribution in [0.5, 0.6) is 0 Å². The van der Waals surface area contributed by atoms with Gasteiger partial charge in [-0.3, -0.25) is 4.79 Å². The minimum Gasteiger partial charge on any atom is -0.368 e. The number of benzene rings is 3. The van der Waals surface area contributed by atoms with Crippen LogP contribution in [0.3, 0.4) is 0 Å². The number of carbonyl (C=O) groups is 1. The van der Waals surface area contributed by atoms with Crippen LogP contribution in [-0.4, -0.2) is 27.4 Å². The Morgan fingerprint density at radius 3 is 2.50 bits per heavy atom. The summed E-state index contributed by atoms with van der Waals surface area (Å²) in [7, 11) is 0. The van der Waals surface area contributed by atoms with Gasteiger partial charge in [-0.15, -0.1) is 0 Å². The number of alkyl halides is 3. The van der Waals surface area contributed by atoms with E-state index in [2.05, 4.69) is 20.3 Å². The largest absolute Gasteiger partial charge is 0.416 e. The first-order valence-electron chi connectivity index (χ1n) is 11.2. The summed E-state index contributed by atoms with van der Waals surface area (Å²) in [5.41, 5.74) is 8.11. The number of rotatable bonds is 5. The number of anilines is 3. The van der Waals surface area contributed by atoms with Gasteiger partial charge in [-0.2, -0.15) is 28.1 Å². The van der Waals surface area contributed by atoms with Crippen molar-refractivity contribution in [1.82, 2.24) is 20.3 Å². The van der Waals surface area contributed by atoms with Gasteiger partial charge >= 0.3 is 6.18 Å². The average Bonchev–Trinajstić information content (AvgIpc) is 3.30. The second-order valence-electron chi connectivity index (χ2n) is 8.27. The molecule has 0 fully saturated rings. The molecule has 0 atom stereocenters. The molecule has 3 N–H and O–H groups in total. The van der Waals surface area contributed by atoms with Gasteiger partial charge < -0.3 is 16.0 Å². The lowest BCUT2D eigenvalue weighted by Gasteiger charge is -2.18. The number of amides is 1. The van der Waals surface area contributed by atoms with Gasteiger partial charge in [-0.1, -0.05) is 48.5 Å². The maximum atomic E-state index is 13.2. The Morgan fingerprint density at radius 2 is 1.72 bits per heavy atom. The summed E-state index contributed by atoms with van der Waals surface area (Å²) < 4.78 is 39.7. The number of nitrogens with two attached hydrogens (primary N) is 1. The van der Waals surface area contributed by atoms with Gasteiger partial charge in [0.1, 0.15) is 0 Å². The van der Waals surface area contributed by atoms with E-state index in [-0.39, 0.29) is 18.1 Å². The van der Waals surface area contributed by atoms with E-state index in [4.69, 9.17) is 5.73 Å². The van der Waals surface area contributed by atoms with Crippen LogP contribution in [-0.2, 0) is 19.1 Å². The van der Waals surface area contributed by atoms with Crippen LogP contribution in [0, 0.1) is 0 Å². The van der Waals surface area contributed by atoms with Crippen LogP contribution in [0.4, 0.5) is 30.8 Å². The number of nitrogens with one attached hydrogen (secondary N) is 1. The molecule has 3 aromatic carbocycles. The zero-order valence-electron chi connectivity index (χ0n) is 19.0. The van der Waals surface area contributed by atoms with Crippen LogP contribution >= 0.6 is 0 Å². The molecule has 182 valence electrons. The summed E-state index contributed by atoms with van der Waals surface area (Å²) in [4.78, 5) is 27.8.